The van der Waals surface area contributed by atoms with Crippen LogP contribution in [-0.4, -0.2) is 23.7 Å². The Kier molecular flexibility index (Phi) is 6.75. The summed E-state index contributed by atoms with van der Waals surface area (Å²) >= 11 is 0. The Hall–Kier alpha value is -1.86. The number of carbonyl (C=O) groups excluding carboxylic acids is 1. The number of rotatable bonds is 5. The third-order valence-corrected chi connectivity index (χ3v) is 2.99. The lowest BCUT2D eigenvalue weighted by molar-refractivity contribution is 0.0933. The Balaban J connectivity index is 2.98. The van der Waals surface area contributed by atoms with E-state index in [9.17, 15) is 9.18 Å². The highest BCUT2D eigenvalue weighted by Crippen LogP contribution is 2.12. The van der Waals surface area contributed by atoms with Gasteiger partial charge in [-0.15, -0.1) is 0 Å². The van der Waals surface area contributed by atoms with Gasteiger partial charge in [0.15, 0.2) is 0 Å². The zero-order valence-electron chi connectivity index (χ0n) is 11.9. The predicted octanol–water partition coefficient (Wildman–Crippen LogP) is 2.48. The highest BCUT2D eigenvalue weighted by Gasteiger charge is 2.15. The lowest BCUT2D eigenvalue weighted by Crippen LogP contribution is -2.34. The van der Waals surface area contributed by atoms with Crippen LogP contribution in [0.5, 0.6) is 0 Å². The summed E-state index contributed by atoms with van der Waals surface area (Å²) in [5, 5.41) is 11.6. The molecule has 4 heteroatoms. The molecule has 0 aliphatic heterocycles. The zero-order valence-corrected chi connectivity index (χ0v) is 11.9. The van der Waals surface area contributed by atoms with E-state index >= 15 is 0 Å². The molecule has 1 unspecified atom stereocenters. The van der Waals surface area contributed by atoms with Crippen molar-refractivity contribution in [2.45, 2.75) is 39.2 Å². The number of hydrogen-bond acceptors (Lipinski definition) is 2. The molecule has 0 fully saturated rings. The van der Waals surface area contributed by atoms with Crippen molar-refractivity contribution in [1.82, 2.24) is 5.32 Å². The first-order valence-corrected chi connectivity index (χ1v) is 6.82. The van der Waals surface area contributed by atoms with Crippen LogP contribution in [0.4, 0.5) is 4.39 Å². The van der Waals surface area contributed by atoms with Crippen LogP contribution in [0, 0.1) is 17.7 Å². The van der Waals surface area contributed by atoms with E-state index in [1.807, 2.05) is 6.92 Å². The molecule has 0 saturated carbocycles. The molecular formula is C16H20FNO2. The van der Waals surface area contributed by atoms with Gasteiger partial charge >= 0.3 is 0 Å². The Morgan fingerprint density at radius 1 is 1.45 bits per heavy atom. The Morgan fingerprint density at radius 3 is 2.80 bits per heavy atom. The molecule has 1 aromatic rings. The quantitative estimate of drug-likeness (QED) is 0.812. The van der Waals surface area contributed by atoms with Crippen LogP contribution in [0.2, 0.25) is 0 Å². The minimum atomic E-state index is -0.478. The van der Waals surface area contributed by atoms with Crippen LogP contribution in [0.25, 0.3) is 0 Å². The van der Waals surface area contributed by atoms with E-state index in [4.69, 9.17) is 5.11 Å². The van der Waals surface area contributed by atoms with Crippen LogP contribution in [0.15, 0.2) is 18.2 Å². The monoisotopic (exact) mass is 277 g/mol. The fourth-order valence-corrected chi connectivity index (χ4v) is 1.94. The maximum Gasteiger partial charge on any atom is 0.252 e. The minimum absolute atomic E-state index is 0.0782. The molecule has 0 heterocycles. The van der Waals surface area contributed by atoms with Crippen molar-refractivity contribution in [2.75, 3.05) is 6.61 Å². The molecule has 1 aromatic carbocycles. The lowest BCUT2D eigenvalue weighted by Gasteiger charge is -2.16. The van der Waals surface area contributed by atoms with E-state index in [1.165, 1.54) is 18.2 Å². The number of aliphatic hydroxyl groups excluding tert-OH is 1. The molecule has 1 atom stereocenters. The first-order chi connectivity index (χ1) is 9.62. The fraction of sp³-hybridized carbons (Fsp3) is 0.438. The third kappa shape index (κ3) is 4.67. The summed E-state index contributed by atoms with van der Waals surface area (Å²) in [6.07, 6.45) is 2.68. The predicted molar refractivity (Wildman–Crippen MR) is 76.8 cm³/mol. The molecule has 0 saturated heterocycles. The summed E-state index contributed by atoms with van der Waals surface area (Å²) in [6, 6.07) is 3.96. The summed E-state index contributed by atoms with van der Waals surface area (Å²) < 4.78 is 13.3. The summed E-state index contributed by atoms with van der Waals surface area (Å²) in [5.41, 5.74) is 0.629. The summed E-state index contributed by atoms with van der Waals surface area (Å²) in [7, 11) is 0. The van der Waals surface area contributed by atoms with Gasteiger partial charge in [0.2, 0.25) is 0 Å². The van der Waals surface area contributed by atoms with Gasteiger partial charge in [0, 0.05) is 11.6 Å². The van der Waals surface area contributed by atoms with E-state index in [0.717, 1.165) is 19.3 Å². The molecule has 108 valence electrons. The Labute approximate surface area is 119 Å². The highest BCUT2D eigenvalue weighted by molar-refractivity contribution is 5.96. The second kappa shape index (κ2) is 8.34. The number of hydrogen-bond donors (Lipinski definition) is 2. The number of amides is 1. The maximum atomic E-state index is 13.3. The number of halogens is 1. The van der Waals surface area contributed by atoms with Crippen molar-refractivity contribution in [2.24, 2.45) is 0 Å². The van der Waals surface area contributed by atoms with Crippen molar-refractivity contribution in [3.8, 4) is 11.8 Å². The van der Waals surface area contributed by atoms with Gasteiger partial charge in [0.1, 0.15) is 12.4 Å². The van der Waals surface area contributed by atoms with E-state index < -0.39 is 5.82 Å². The van der Waals surface area contributed by atoms with Gasteiger partial charge < -0.3 is 10.4 Å². The van der Waals surface area contributed by atoms with Crippen LogP contribution < -0.4 is 5.32 Å². The average molecular weight is 277 g/mol. The van der Waals surface area contributed by atoms with E-state index in [1.54, 1.807) is 0 Å². The van der Waals surface area contributed by atoms with Gasteiger partial charge in [-0.1, -0.05) is 32.1 Å². The third-order valence-electron chi connectivity index (χ3n) is 2.99. The van der Waals surface area contributed by atoms with E-state index in [0.29, 0.717) is 5.56 Å². The van der Waals surface area contributed by atoms with Crippen molar-refractivity contribution < 1.29 is 14.3 Å². The maximum absolute atomic E-state index is 13.3. The van der Waals surface area contributed by atoms with Gasteiger partial charge in [-0.05, 0) is 31.0 Å². The zero-order chi connectivity index (χ0) is 15.0. The normalized spacial score (nSPS) is 11.4. The van der Waals surface area contributed by atoms with Crippen molar-refractivity contribution in [3.05, 3.63) is 35.1 Å². The largest absolute Gasteiger partial charge is 0.384 e. The molecule has 0 aliphatic rings. The number of benzene rings is 1. The van der Waals surface area contributed by atoms with E-state index in [-0.39, 0.29) is 24.1 Å². The van der Waals surface area contributed by atoms with Gasteiger partial charge in [-0.25, -0.2) is 4.39 Å². The first-order valence-electron chi connectivity index (χ1n) is 6.82. The van der Waals surface area contributed by atoms with Gasteiger partial charge in [0.25, 0.3) is 5.91 Å². The molecule has 0 spiro atoms. The van der Waals surface area contributed by atoms with Crippen molar-refractivity contribution in [1.29, 1.82) is 0 Å². The highest BCUT2D eigenvalue weighted by atomic mass is 19.1. The fourth-order valence-electron chi connectivity index (χ4n) is 1.94. The topological polar surface area (TPSA) is 49.3 Å². The number of nitrogens with one attached hydrogen (secondary N) is 1. The summed E-state index contributed by atoms with van der Waals surface area (Å²) in [6.45, 7) is 3.75. The Bertz CT molecular complexity index is 517. The molecule has 20 heavy (non-hydrogen) atoms. The summed E-state index contributed by atoms with van der Waals surface area (Å²) in [4.78, 5) is 12.2. The second-order valence-electron chi connectivity index (χ2n) is 4.52. The molecule has 0 radical (unpaired) electrons. The molecular weight excluding hydrogens is 257 g/mol. The molecule has 3 nitrogen and oxygen atoms in total. The van der Waals surface area contributed by atoms with Gasteiger partial charge in [-0.2, -0.15) is 0 Å². The number of carbonyl (C=O) groups is 1. The molecule has 0 aliphatic carbocycles. The molecule has 1 rings (SSSR count). The summed E-state index contributed by atoms with van der Waals surface area (Å²) in [5.74, 6) is 4.34. The first kappa shape index (κ1) is 16.2. The minimum Gasteiger partial charge on any atom is -0.384 e. The molecule has 1 amide bonds. The van der Waals surface area contributed by atoms with Gasteiger partial charge in [0.05, 0.1) is 5.56 Å². The molecule has 2 N–H and O–H groups in total. The number of aliphatic hydroxyl groups is 1. The lowest BCUT2D eigenvalue weighted by atomic mass is 10.0. The SMILES string of the molecule is CCCC(CC)NC(=O)c1cc(F)ccc1C#CCO. The van der Waals surface area contributed by atoms with E-state index in [2.05, 4.69) is 24.1 Å². The van der Waals surface area contributed by atoms with Crippen LogP contribution in [0.1, 0.15) is 49.0 Å². The molecule has 0 aromatic heterocycles. The van der Waals surface area contributed by atoms with Crippen molar-refractivity contribution in [3.63, 3.8) is 0 Å². The second-order valence-corrected chi connectivity index (χ2v) is 4.52. The van der Waals surface area contributed by atoms with Crippen LogP contribution in [-0.2, 0) is 0 Å². The Morgan fingerprint density at radius 2 is 2.20 bits per heavy atom. The standard InChI is InChI=1S/C16H20FNO2/c1-3-6-14(4-2)18-16(20)15-11-13(17)9-8-12(15)7-5-10-19/h8-9,11,14,19H,3-4,6,10H2,1-2H3,(H,18,20). The van der Waals surface area contributed by atoms with Gasteiger partial charge in [-0.3, -0.25) is 4.79 Å². The van der Waals surface area contributed by atoms with Crippen LogP contribution in [0.3, 0.4) is 0 Å². The average Bonchev–Trinajstić information content (AvgIpc) is 2.45. The van der Waals surface area contributed by atoms with Crippen molar-refractivity contribution >= 4 is 5.91 Å². The smallest absolute Gasteiger partial charge is 0.252 e. The molecule has 0 bridgehead atoms. The van der Waals surface area contributed by atoms with Crippen LogP contribution >= 0.6 is 0 Å².